The van der Waals surface area contributed by atoms with Crippen LogP contribution >= 0.6 is 0 Å². The van der Waals surface area contributed by atoms with Gasteiger partial charge in [-0.05, 0) is 24.8 Å². The minimum absolute atomic E-state index is 0.00439. The number of nitro benzene ring substituents is 1. The predicted molar refractivity (Wildman–Crippen MR) is 74.3 cm³/mol. The van der Waals surface area contributed by atoms with Gasteiger partial charge in [0.15, 0.2) is 0 Å². The fraction of sp³-hybridized carbons (Fsp3) is 0.500. The quantitative estimate of drug-likeness (QED) is 0.553. The number of aliphatic hydroxyl groups is 1. The number of carbonyl (C=O) groups excluding carboxylic acids is 1. The predicted octanol–water partition coefficient (Wildman–Crippen LogP) is 0.842. The van der Waals surface area contributed by atoms with Crippen LogP contribution in [0.15, 0.2) is 24.3 Å². The number of carbonyl (C=O) groups is 1. The number of aliphatic hydroxyl groups excluding tert-OH is 1. The number of hydrogen-bond acceptors (Lipinski definition) is 5. The second kappa shape index (κ2) is 5.42. The average molecular weight is 291 g/mol. The molecule has 1 aromatic rings. The molecule has 112 valence electrons. The van der Waals surface area contributed by atoms with E-state index < -0.39 is 17.2 Å². The van der Waals surface area contributed by atoms with Crippen molar-refractivity contribution in [3.05, 3.63) is 39.9 Å². The highest BCUT2D eigenvalue weighted by molar-refractivity contribution is 5.81. The Balaban J connectivity index is 1.80. The van der Waals surface area contributed by atoms with Crippen LogP contribution in [0, 0.1) is 16.0 Å². The Kier molecular flexibility index (Phi) is 3.60. The van der Waals surface area contributed by atoms with Crippen LogP contribution in [0.3, 0.4) is 0 Å². The molecular formula is C14H17N3O4. The first-order chi connectivity index (χ1) is 10.0. The van der Waals surface area contributed by atoms with E-state index in [1.165, 1.54) is 12.1 Å². The first-order valence-electron chi connectivity index (χ1n) is 7.03. The minimum Gasteiger partial charge on any atom is -0.393 e. The summed E-state index contributed by atoms with van der Waals surface area (Å²) in [5.41, 5.74) is 0.673. The molecule has 3 rings (SSSR count). The normalized spacial score (nSPS) is 32.1. The minimum atomic E-state index is -0.450. The summed E-state index contributed by atoms with van der Waals surface area (Å²) in [6.07, 6.45) is 1.01. The highest BCUT2D eigenvalue weighted by atomic mass is 16.6. The molecule has 0 radical (unpaired) electrons. The third kappa shape index (κ3) is 2.74. The number of benzene rings is 1. The molecule has 0 aromatic heterocycles. The highest BCUT2D eigenvalue weighted by Gasteiger charge is 2.40. The van der Waals surface area contributed by atoms with Crippen LogP contribution in [0.25, 0.3) is 0 Å². The van der Waals surface area contributed by atoms with Gasteiger partial charge in [-0.15, -0.1) is 0 Å². The summed E-state index contributed by atoms with van der Waals surface area (Å²) in [6, 6.07) is 6.26. The van der Waals surface area contributed by atoms with Crippen molar-refractivity contribution < 1.29 is 14.8 Å². The summed E-state index contributed by atoms with van der Waals surface area (Å²) in [5.74, 6) is -0.335. The molecule has 3 N–H and O–H groups in total. The summed E-state index contributed by atoms with van der Waals surface area (Å²) in [4.78, 5) is 22.6. The maximum Gasteiger partial charge on any atom is 0.269 e. The lowest BCUT2D eigenvalue weighted by Gasteiger charge is -2.41. The highest BCUT2D eigenvalue weighted by Crippen LogP contribution is 2.31. The molecule has 21 heavy (non-hydrogen) atoms. The molecule has 2 aliphatic rings. The number of rotatable bonds is 2. The summed E-state index contributed by atoms with van der Waals surface area (Å²) in [7, 11) is 0. The molecule has 1 saturated carbocycles. The van der Waals surface area contributed by atoms with Gasteiger partial charge >= 0.3 is 0 Å². The fourth-order valence-corrected chi connectivity index (χ4v) is 3.14. The maximum atomic E-state index is 12.2. The van der Waals surface area contributed by atoms with Crippen molar-refractivity contribution in [1.82, 2.24) is 10.6 Å². The molecule has 0 bridgehead atoms. The van der Waals surface area contributed by atoms with Crippen LogP contribution in [0.2, 0.25) is 0 Å². The molecule has 4 unspecified atom stereocenters. The molecule has 1 aliphatic heterocycles. The lowest BCUT2D eigenvalue weighted by atomic mass is 9.80. The maximum absolute atomic E-state index is 12.2. The SMILES string of the molecule is O=C1NC(c2cccc([N+](=O)[O-])c2)NC2CCC(O)CC12. The van der Waals surface area contributed by atoms with Gasteiger partial charge in [-0.3, -0.25) is 20.2 Å². The third-order valence-corrected chi connectivity index (χ3v) is 4.24. The molecule has 1 aliphatic carbocycles. The van der Waals surface area contributed by atoms with Crippen molar-refractivity contribution in [1.29, 1.82) is 0 Å². The summed E-state index contributed by atoms with van der Waals surface area (Å²) in [5, 5.41) is 26.7. The Bertz CT molecular complexity index is 577. The van der Waals surface area contributed by atoms with Crippen molar-refractivity contribution >= 4 is 11.6 Å². The number of nitrogens with one attached hydrogen (secondary N) is 2. The second-order valence-corrected chi connectivity index (χ2v) is 5.64. The van der Waals surface area contributed by atoms with Gasteiger partial charge in [-0.25, -0.2) is 0 Å². The average Bonchev–Trinajstić information content (AvgIpc) is 2.48. The molecule has 4 atom stereocenters. The molecule has 7 nitrogen and oxygen atoms in total. The Hall–Kier alpha value is -1.99. The number of hydrogen-bond donors (Lipinski definition) is 3. The summed E-state index contributed by atoms with van der Waals surface area (Å²) >= 11 is 0. The Labute approximate surface area is 121 Å². The summed E-state index contributed by atoms with van der Waals surface area (Å²) in [6.45, 7) is 0. The van der Waals surface area contributed by atoms with E-state index in [9.17, 15) is 20.0 Å². The largest absolute Gasteiger partial charge is 0.393 e. The van der Waals surface area contributed by atoms with Gasteiger partial charge in [-0.1, -0.05) is 12.1 Å². The van der Waals surface area contributed by atoms with Crippen molar-refractivity contribution in [2.45, 2.75) is 37.6 Å². The van der Waals surface area contributed by atoms with Crippen LogP contribution in [-0.2, 0) is 4.79 Å². The van der Waals surface area contributed by atoms with Gasteiger partial charge < -0.3 is 10.4 Å². The Morgan fingerprint density at radius 3 is 2.90 bits per heavy atom. The van der Waals surface area contributed by atoms with E-state index >= 15 is 0 Å². The molecule has 1 aromatic carbocycles. The molecule has 7 heteroatoms. The van der Waals surface area contributed by atoms with Gasteiger partial charge in [0.1, 0.15) is 6.17 Å². The molecule has 2 fully saturated rings. The van der Waals surface area contributed by atoms with E-state index in [0.717, 1.165) is 6.42 Å². The molecule has 0 spiro atoms. The number of non-ortho nitro benzene ring substituents is 1. The monoisotopic (exact) mass is 291 g/mol. The summed E-state index contributed by atoms with van der Waals surface area (Å²) < 4.78 is 0. The van der Waals surface area contributed by atoms with Crippen LogP contribution in [0.1, 0.15) is 31.0 Å². The molecule has 1 saturated heterocycles. The van der Waals surface area contributed by atoms with Crippen LogP contribution in [0.5, 0.6) is 0 Å². The van der Waals surface area contributed by atoms with E-state index in [2.05, 4.69) is 10.6 Å². The Morgan fingerprint density at radius 1 is 1.33 bits per heavy atom. The molecular weight excluding hydrogens is 274 g/mol. The van der Waals surface area contributed by atoms with E-state index in [0.29, 0.717) is 18.4 Å². The lowest BCUT2D eigenvalue weighted by molar-refractivity contribution is -0.384. The van der Waals surface area contributed by atoms with E-state index in [1.807, 2.05) is 0 Å². The van der Waals surface area contributed by atoms with Crippen molar-refractivity contribution in [3.63, 3.8) is 0 Å². The third-order valence-electron chi connectivity index (χ3n) is 4.24. The van der Waals surface area contributed by atoms with E-state index in [1.54, 1.807) is 12.1 Å². The van der Waals surface area contributed by atoms with Crippen molar-refractivity contribution in [2.75, 3.05) is 0 Å². The first kappa shape index (κ1) is 14.0. The second-order valence-electron chi connectivity index (χ2n) is 5.64. The number of nitrogens with zero attached hydrogens (tertiary/aromatic N) is 1. The van der Waals surface area contributed by atoms with Crippen LogP contribution in [-0.4, -0.2) is 28.1 Å². The topological polar surface area (TPSA) is 104 Å². The van der Waals surface area contributed by atoms with E-state index in [-0.39, 0.29) is 23.6 Å². The Morgan fingerprint density at radius 2 is 2.14 bits per heavy atom. The van der Waals surface area contributed by atoms with Gasteiger partial charge in [0, 0.05) is 18.2 Å². The van der Waals surface area contributed by atoms with Crippen molar-refractivity contribution in [3.8, 4) is 0 Å². The van der Waals surface area contributed by atoms with Gasteiger partial charge in [0.2, 0.25) is 5.91 Å². The fourth-order valence-electron chi connectivity index (χ4n) is 3.14. The first-order valence-corrected chi connectivity index (χ1v) is 7.03. The van der Waals surface area contributed by atoms with Gasteiger partial charge in [0.25, 0.3) is 5.69 Å². The zero-order chi connectivity index (χ0) is 15.0. The van der Waals surface area contributed by atoms with Crippen LogP contribution < -0.4 is 10.6 Å². The number of fused-ring (bicyclic) bond motifs is 1. The smallest absolute Gasteiger partial charge is 0.269 e. The number of nitro groups is 1. The van der Waals surface area contributed by atoms with Crippen molar-refractivity contribution in [2.24, 2.45) is 5.92 Å². The number of amides is 1. The van der Waals surface area contributed by atoms with Gasteiger partial charge in [0.05, 0.1) is 16.9 Å². The zero-order valence-electron chi connectivity index (χ0n) is 11.4. The van der Waals surface area contributed by atoms with E-state index in [4.69, 9.17) is 0 Å². The standard InChI is InChI=1S/C14H17N3O4/c18-10-4-5-12-11(7-10)14(19)16-13(15-12)8-2-1-3-9(6-8)17(20)21/h1-3,6,10-13,15,18H,4-5,7H2,(H,16,19). The lowest BCUT2D eigenvalue weighted by Crippen LogP contribution is -2.58. The molecule has 1 heterocycles. The molecule has 1 amide bonds. The van der Waals surface area contributed by atoms with Gasteiger partial charge in [-0.2, -0.15) is 0 Å². The van der Waals surface area contributed by atoms with Crippen LogP contribution in [0.4, 0.5) is 5.69 Å². The zero-order valence-corrected chi connectivity index (χ0v) is 11.4.